The summed E-state index contributed by atoms with van der Waals surface area (Å²) in [5.74, 6) is 0.541. The Morgan fingerprint density at radius 3 is 2.91 bits per heavy atom. The zero-order valence-electron chi connectivity index (χ0n) is 12.6. The Balaban J connectivity index is 1.57. The van der Waals surface area contributed by atoms with Crippen LogP contribution in [0.3, 0.4) is 0 Å². The largest absolute Gasteiger partial charge is 0.350 e. The Morgan fingerprint density at radius 2 is 2.14 bits per heavy atom. The van der Waals surface area contributed by atoms with E-state index in [-0.39, 0.29) is 28.5 Å². The van der Waals surface area contributed by atoms with Crippen LogP contribution in [0.2, 0.25) is 0 Å². The second kappa shape index (κ2) is 4.69. The maximum atomic E-state index is 12.2. The fraction of sp³-hybridized carbons (Fsp3) is 0.562. The van der Waals surface area contributed by atoms with Crippen LogP contribution in [0.4, 0.5) is 11.4 Å². The van der Waals surface area contributed by atoms with Gasteiger partial charge in [-0.15, -0.1) is 0 Å². The number of amides is 1. The molecule has 3 atom stereocenters. The van der Waals surface area contributed by atoms with Gasteiger partial charge < -0.3 is 9.80 Å². The number of hydrogen-bond acceptors (Lipinski definition) is 4. The third kappa shape index (κ3) is 1.82. The Labute approximate surface area is 128 Å². The number of benzene rings is 1. The number of likely N-dealkylation sites (tertiary alicyclic amines) is 1. The van der Waals surface area contributed by atoms with E-state index >= 15 is 0 Å². The van der Waals surface area contributed by atoms with Gasteiger partial charge in [0.05, 0.1) is 17.5 Å². The van der Waals surface area contributed by atoms with Crippen molar-refractivity contribution >= 4 is 17.3 Å². The molecule has 1 saturated carbocycles. The molecule has 1 aliphatic carbocycles. The first-order valence-corrected chi connectivity index (χ1v) is 7.90. The minimum Gasteiger partial charge on any atom is -0.350 e. The topological polar surface area (TPSA) is 66.7 Å². The van der Waals surface area contributed by atoms with Crippen molar-refractivity contribution in [1.82, 2.24) is 4.90 Å². The second-order valence-electron chi connectivity index (χ2n) is 6.65. The van der Waals surface area contributed by atoms with Gasteiger partial charge in [-0.05, 0) is 37.8 Å². The summed E-state index contributed by atoms with van der Waals surface area (Å²) in [5.41, 5.74) is 2.19. The SMILES string of the molecule is C[C@@H]1Cc2cc([N+](=O)[O-])ccc2N1CN1C(=O)[C@@H]2CCC[C@H]21. The van der Waals surface area contributed by atoms with Gasteiger partial charge in [-0.3, -0.25) is 14.9 Å². The van der Waals surface area contributed by atoms with Gasteiger partial charge in [0, 0.05) is 29.9 Å². The van der Waals surface area contributed by atoms with Crippen molar-refractivity contribution in [3.63, 3.8) is 0 Å². The second-order valence-corrected chi connectivity index (χ2v) is 6.65. The number of nitrogens with zero attached hydrogens (tertiary/aromatic N) is 3. The molecule has 2 aliphatic heterocycles. The zero-order chi connectivity index (χ0) is 15.4. The molecule has 22 heavy (non-hydrogen) atoms. The van der Waals surface area contributed by atoms with Crippen LogP contribution in [0.15, 0.2) is 18.2 Å². The monoisotopic (exact) mass is 301 g/mol. The number of anilines is 1. The minimum atomic E-state index is -0.352. The van der Waals surface area contributed by atoms with Crippen LogP contribution in [-0.4, -0.2) is 34.5 Å². The van der Waals surface area contributed by atoms with E-state index in [1.807, 2.05) is 11.0 Å². The molecule has 1 saturated heterocycles. The summed E-state index contributed by atoms with van der Waals surface area (Å²) in [5, 5.41) is 10.9. The smallest absolute Gasteiger partial charge is 0.269 e. The van der Waals surface area contributed by atoms with E-state index in [0.29, 0.717) is 12.7 Å². The van der Waals surface area contributed by atoms with E-state index in [4.69, 9.17) is 0 Å². The van der Waals surface area contributed by atoms with Gasteiger partial charge in [-0.1, -0.05) is 6.42 Å². The molecular weight excluding hydrogens is 282 g/mol. The number of β-lactam (4-membered cyclic amide) rings is 1. The first kappa shape index (κ1) is 13.5. The van der Waals surface area contributed by atoms with Crippen molar-refractivity contribution in [2.45, 2.75) is 44.7 Å². The van der Waals surface area contributed by atoms with Gasteiger partial charge in [-0.2, -0.15) is 0 Å². The molecule has 4 rings (SSSR count). The number of fused-ring (bicyclic) bond motifs is 2. The Bertz CT molecular complexity index is 660. The Morgan fingerprint density at radius 1 is 1.32 bits per heavy atom. The number of nitro groups is 1. The van der Waals surface area contributed by atoms with Crippen LogP contribution in [0.25, 0.3) is 0 Å². The lowest BCUT2D eigenvalue weighted by Gasteiger charge is -2.46. The van der Waals surface area contributed by atoms with Crippen LogP contribution in [-0.2, 0) is 11.2 Å². The molecule has 6 heteroatoms. The van der Waals surface area contributed by atoms with E-state index in [1.165, 1.54) is 0 Å². The predicted molar refractivity (Wildman–Crippen MR) is 81.6 cm³/mol. The molecule has 0 N–H and O–H groups in total. The highest BCUT2D eigenvalue weighted by Gasteiger charge is 2.50. The van der Waals surface area contributed by atoms with Crippen LogP contribution < -0.4 is 4.90 Å². The molecule has 2 heterocycles. The number of carbonyl (C=O) groups excluding carboxylic acids is 1. The quantitative estimate of drug-likeness (QED) is 0.488. The molecule has 1 aromatic carbocycles. The molecule has 1 amide bonds. The summed E-state index contributed by atoms with van der Waals surface area (Å²) in [7, 11) is 0. The Hall–Kier alpha value is -2.11. The van der Waals surface area contributed by atoms with Crippen molar-refractivity contribution in [1.29, 1.82) is 0 Å². The van der Waals surface area contributed by atoms with Gasteiger partial charge in [0.1, 0.15) is 0 Å². The fourth-order valence-corrected chi connectivity index (χ4v) is 4.25. The third-order valence-corrected chi connectivity index (χ3v) is 5.42. The lowest BCUT2D eigenvalue weighted by molar-refractivity contribution is -0.384. The molecule has 1 aromatic rings. The number of rotatable bonds is 3. The summed E-state index contributed by atoms with van der Waals surface area (Å²) in [4.78, 5) is 27.0. The number of non-ortho nitro benzene ring substituents is 1. The first-order valence-electron chi connectivity index (χ1n) is 7.90. The van der Waals surface area contributed by atoms with E-state index < -0.39 is 0 Å². The molecular formula is C16H19N3O3. The van der Waals surface area contributed by atoms with E-state index in [1.54, 1.807) is 12.1 Å². The molecule has 0 unspecified atom stereocenters. The number of hydrogen-bond donors (Lipinski definition) is 0. The van der Waals surface area contributed by atoms with E-state index in [2.05, 4.69) is 11.8 Å². The molecule has 0 radical (unpaired) electrons. The normalized spacial score (nSPS) is 29.3. The van der Waals surface area contributed by atoms with Crippen LogP contribution in [0.1, 0.15) is 31.7 Å². The number of carbonyl (C=O) groups is 1. The predicted octanol–water partition coefficient (Wildman–Crippen LogP) is 2.31. The molecule has 0 bridgehead atoms. The zero-order valence-corrected chi connectivity index (χ0v) is 12.6. The lowest BCUT2D eigenvalue weighted by atomic mass is 9.91. The van der Waals surface area contributed by atoms with Crippen molar-refractivity contribution in [2.24, 2.45) is 5.92 Å². The highest BCUT2D eigenvalue weighted by molar-refractivity contribution is 5.87. The average Bonchev–Trinajstić information content (AvgIpc) is 3.05. The highest BCUT2D eigenvalue weighted by atomic mass is 16.6. The summed E-state index contributed by atoms with van der Waals surface area (Å²) in [6, 6.07) is 5.74. The highest BCUT2D eigenvalue weighted by Crippen LogP contribution is 2.42. The van der Waals surface area contributed by atoms with Crippen LogP contribution >= 0.6 is 0 Å². The van der Waals surface area contributed by atoms with E-state index in [0.717, 1.165) is 36.9 Å². The Kier molecular flexibility index (Phi) is 2.89. The lowest BCUT2D eigenvalue weighted by Crippen LogP contribution is -2.61. The van der Waals surface area contributed by atoms with Crippen molar-refractivity contribution in [3.05, 3.63) is 33.9 Å². The van der Waals surface area contributed by atoms with Gasteiger partial charge in [-0.25, -0.2) is 0 Å². The molecule has 6 nitrogen and oxygen atoms in total. The van der Waals surface area contributed by atoms with Gasteiger partial charge in [0.2, 0.25) is 5.91 Å². The van der Waals surface area contributed by atoms with Crippen LogP contribution in [0.5, 0.6) is 0 Å². The maximum Gasteiger partial charge on any atom is 0.269 e. The van der Waals surface area contributed by atoms with Crippen LogP contribution in [0, 0.1) is 16.0 Å². The molecule has 116 valence electrons. The van der Waals surface area contributed by atoms with Gasteiger partial charge >= 0.3 is 0 Å². The average molecular weight is 301 g/mol. The number of nitro benzene ring substituents is 1. The van der Waals surface area contributed by atoms with E-state index in [9.17, 15) is 14.9 Å². The van der Waals surface area contributed by atoms with Crippen molar-refractivity contribution in [3.8, 4) is 0 Å². The summed E-state index contributed by atoms with van der Waals surface area (Å²) in [6.45, 7) is 2.73. The minimum absolute atomic E-state index is 0.142. The van der Waals surface area contributed by atoms with Crippen molar-refractivity contribution in [2.75, 3.05) is 11.6 Å². The standard InChI is InChI=1S/C16H19N3O3/c1-10-7-11-8-12(19(21)22)5-6-14(11)17(10)9-18-15-4-2-3-13(15)16(18)20/h5-6,8,10,13,15H,2-4,7,9H2,1H3/t10-,13-,15-/m1/s1. The summed E-state index contributed by atoms with van der Waals surface area (Å²) in [6.07, 6.45) is 4.10. The van der Waals surface area contributed by atoms with Gasteiger partial charge in [0.25, 0.3) is 5.69 Å². The first-order chi connectivity index (χ1) is 10.6. The third-order valence-electron chi connectivity index (χ3n) is 5.42. The molecule has 2 fully saturated rings. The fourth-order valence-electron chi connectivity index (χ4n) is 4.25. The maximum absolute atomic E-state index is 12.2. The molecule has 0 aromatic heterocycles. The summed E-state index contributed by atoms with van der Waals surface area (Å²) < 4.78 is 0. The van der Waals surface area contributed by atoms with Crippen molar-refractivity contribution < 1.29 is 9.72 Å². The summed E-state index contributed by atoms with van der Waals surface area (Å²) >= 11 is 0. The molecule has 0 spiro atoms. The molecule has 3 aliphatic rings. The van der Waals surface area contributed by atoms with Gasteiger partial charge in [0.15, 0.2) is 0 Å².